The molecule has 0 bridgehead atoms. The maximum Gasteiger partial charge on any atom is 0.262 e. The van der Waals surface area contributed by atoms with Crippen LogP contribution in [0.5, 0.6) is 5.75 Å². The van der Waals surface area contributed by atoms with Crippen LogP contribution < -0.4 is 15.4 Å². The number of aliphatic hydroxyl groups is 1. The fourth-order valence-electron chi connectivity index (χ4n) is 2.89. The Morgan fingerprint density at radius 1 is 1.35 bits per heavy atom. The Balaban J connectivity index is 1.68. The van der Waals surface area contributed by atoms with Gasteiger partial charge in [-0.05, 0) is 56.0 Å². The molecule has 3 N–H and O–H groups in total. The summed E-state index contributed by atoms with van der Waals surface area (Å²) in [5, 5.41) is 16.4. The molecule has 20 heavy (non-hydrogen) atoms. The Morgan fingerprint density at radius 2 is 2.15 bits per heavy atom. The van der Waals surface area contributed by atoms with Crippen molar-refractivity contribution in [3.63, 3.8) is 0 Å². The lowest BCUT2D eigenvalue weighted by Crippen LogP contribution is -2.35. The van der Waals surface area contributed by atoms with E-state index in [1.807, 2.05) is 18.2 Å². The quantitative estimate of drug-likeness (QED) is 0.768. The summed E-state index contributed by atoms with van der Waals surface area (Å²) in [6, 6.07) is 5.72. The van der Waals surface area contributed by atoms with Crippen molar-refractivity contribution in [3.8, 4) is 5.75 Å². The van der Waals surface area contributed by atoms with Gasteiger partial charge in [0.25, 0.3) is 5.91 Å². The van der Waals surface area contributed by atoms with Gasteiger partial charge in [0.1, 0.15) is 5.75 Å². The van der Waals surface area contributed by atoms with Crippen molar-refractivity contribution in [2.45, 2.75) is 25.4 Å². The van der Waals surface area contributed by atoms with Gasteiger partial charge in [0, 0.05) is 0 Å². The molecule has 3 rings (SSSR count). The van der Waals surface area contributed by atoms with E-state index in [0.29, 0.717) is 23.8 Å². The van der Waals surface area contributed by atoms with Crippen molar-refractivity contribution in [3.05, 3.63) is 23.8 Å². The molecule has 1 amide bonds. The first-order valence-electron chi connectivity index (χ1n) is 7.17. The Labute approximate surface area is 118 Å². The number of nitrogens with one attached hydrogen (secondary N) is 2. The van der Waals surface area contributed by atoms with Gasteiger partial charge in [-0.25, -0.2) is 0 Å². The van der Waals surface area contributed by atoms with Crippen molar-refractivity contribution >= 4 is 11.6 Å². The summed E-state index contributed by atoms with van der Waals surface area (Å²) in [5.74, 6) is 0.927. The number of rotatable bonds is 3. The molecule has 0 aromatic heterocycles. The highest BCUT2D eigenvalue weighted by Crippen LogP contribution is 2.29. The van der Waals surface area contributed by atoms with E-state index in [1.165, 1.54) is 0 Å². The second-order valence-electron chi connectivity index (χ2n) is 5.53. The van der Waals surface area contributed by atoms with Gasteiger partial charge < -0.3 is 20.5 Å². The van der Waals surface area contributed by atoms with E-state index in [4.69, 9.17) is 4.74 Å². The van der Waals surface area contributed by atoms with Gasteiger partial charge in [-0.3, -0.25) is 4.79 Å². The molecule has 2 aliphatic heterocycles. The normalized spacial score (nSPS) is 20.8. The molecule has 2 aliphatic rings. The number of hydrogen-bond donors (Lipinski definition) is 3. The van der Waals surface area contributed by atoms with Crippen LogP contribution in [0.1, 0.15) is 18.4 Å². The minimum absolute atomic E-state index is 0.0735. The fraction of sp³-hybridized carbons (Fsp3) is 0.533. The number of anilines is 1. The Kier molecular flexibility index (Phi) is 3.89. The van der Waals surface area contributed by atoms with Crippen molar-refractivity contribution in [1.82, 2.24) is 5.32 Å². The molecule has 0 aliphatic carbocycles. The van der Waals surface area contributed by atoms with Crippen LogP contribution in [-0.4, -0.2) is 36.8 Å². The van der Waals surface area contributed by atoms with E-state index in [0.717, 1.165) is 31.5 Å². The second kappa shape index (κ2) is 5.81. The lowest BCUT2D eigenvalue weighted by Gasteiger charge is -2.27. The predicted molar refractivity (Wildman–Crippen MR) is 75.9 cm³/mol. The summed E-state index contributed by atoms with van der Waals surface area (Å²) in [6.45, 7) is 2.04. The molecule has 1 saturated heterocycles. The van der Waals surface area contributed by atoms with Crippen molar-refractivity contribution in [2.24, 2.45) is 5.92 Å². The van der Waals surface area contributed by atoms with E-state index < -0.39 is 0 Å². The van der Waals surface area contributed by atoms with Gasteiger partial charge >= 0.3 is 0 Å². The number of amides is 1. The summed E-state index contributed by atoms with van der Waals surface area (Å²) in [7, 11) is 0. The molecule has 5 heteroatoms. The first kappa shape index (κ1) is 13.4. The first-order valence-corrected chi connectivity index (χ1v) is 7.17. The van der Waals surface area contributed by atoms with Gasteiger partial charge in [-0.15, -0.1) is 0 Å². The van der Waals surface area contributed by atoms with E-state index in [9.17, 15) is 9.90 Å². The van der Waals surface area contributed by atoms with Gasteiger partial charge in [-0.2, -0.15) is 0 Å². The number of carbonyl (C=O) groups is 1. The third kappa shape index (κ3) is 2.94. The fourth-order valence-corrected chi connectivity index (χ4v) is 2.89. The smallest absolute Gasteiger partial charge is 0.262 e. The minimum Gasteiger partial charge on any atom is -0.482 e. The molecular weight excluding hydrogens is 256 g/mol. The monoisotopic (exact) mass is 276 g/mol. The molecular formula is C15H20N2O3. The van der Waals surface area contributed by atoms with Gasteiger partial charge in [0.15, 0.2) is 6.61 Å². The first-order chi connectivity index (χ1) is 9.72. The van der Waals surface area contributed by atoms with E-state index >= 15 is 0 Å². The number of hydrogen-bond acceptors (Lipinski definition) is 4. The van der Waals surface area contributed by atoms with Gasteiger partial charge in [0.05, 0.1) is 11.8 Å². The Morgan fingerprint density at radius 3 is 2.95 bits per heavy atom. The molecule has 1 fully saturated rings. The molecule has 0 radical (unpaired) electrons. The molecule has 108 valence electrons. The van der Waals surface area contributed by atoms with Crippen molar-refractivity contribution in [1.29, 1.82) is 0 Å². The standard InChI is InChI=1S/C15H20N2O3/c18-13(11-3-5-16-6-4-11)8-10-1-2-14-12(7-10)17-15(19)9-20-14/h1-2,7,11,13,16,18H,3-6,8-9H2,(H,17,19). The SMILES string of the molecule is O=C1COc2ccc(CC(O)C3CCNCC3)cc2N1. The number of fused-ring (bicyclic) bond motifs is 1. The number of benzene rings is 1. The summed E-state index contributed by atoms with van der Waals surface area (Å²) in [6.07, 6.45) is 2.33. The second-order valence-corrected chi connectivity index (χ2v) is 5.53. The van der Waals surface area contributed by atoms with Gasteiger partial charge in [-0.1, -0.05) is 6.07 Å². The number of ether oxygens (including phenoxy) is 1. The zero-order chi connectivity index (χ0) is 13.9. The number of piperidine rings is 1. The average Bonchev–Trinajstić information content (AvgIpc) is 2.47. The zero-order valence-electron chi connectivity index (χ0n) is 11.4. The van der Waals surface area contributed by atoms with E-state index in [2.05, 4.69) is 10.6 Å². The van der Waals surface area contributed by atoms with Crippen LogP contribution in [0.3, 0.4) is 0 Å². The summed E-state index contributed by atoms with van der Waals surface area (Å²) >= 11 is 0. The summed E-state index contributed by atoms with van der Waals surface area (Å²) in [4.78, 5) is 11.3. The highest BCUT2D eigenvalue weighted by Gasteiger charge is 2.22. The number of aliphatic hydroxyl groups excluding tert-OH is 1. The van der Waals surface area contributed by atoms with E-state index in [-0.39, 0.29) is 18.6 Å². The Bertz CT molecular complexity index is 498. The number of carbonyl (C=O) groups excluding carboxylic acids is 1. The highest BCUT2D eigenvalue weighted by molar-refractivity contribution is 5.95. The molecule has 0 spiro atoms. The van der Waals surface area contributed by atoms with Crippen LogP contribution in [0.2, 0.25) is 0 Å². The predicted octanol–water partition coefficient (Wildman–Crippen LogP) is 0.920. The topological polar surface area (TPSA) is 70.6 Å². The van der Waals surface area contributed by atoms with Crippen LogP contribution in [0.4, 0.5) is 5.69 Å². The van der Waals surface area contributed by atoms with Crippen LogP contribution in [0.25, 0.3) is 0 Å². The molecule has 2 heterocycles. The Hall–Kier alpha value is -1.59. The average molecular weight is 276 g/mol. The largest absolute Gasteiger partial charge is 0.482 e. The maximum absolute atomic E-state index is 11.3. The lowest BCUT2D eigenvalue weighted by atomic mass is 9.88. The van der Waals surface area contributed by atoms with Crippen LogP contribution in [-0.2, 0) is 11.2 Å². The third-order valence-electron chi connectivity index (χ3n) is 4.05. The van der Waals surface area contributed by atoms with E-state index in [1.54, 1.807) is 0 Å². The molecule has 5 nitrogen and oxygen atoms in total. The highest BCUT2D eigenvalue weighted by atomic mass is 16.5. The lowest BCUT2D eigenvalue weighted by molar-refractivity contribution is -0.118. The van der Waals surface area contributed by atoms with Crippen LogP contribution in [0, 0.1) is 5.92 Å². The molecule has 1 aromatic carbocycles. The summed E-state index contributed by atoms with van der Waals surface area (Å²) < 4.78 is 5.33. The molecule has 1 unspecified atom stereocenters. The van der Waals surface area contributed by atoms with Crippen molar-refractivity contribution < 1.29 is 14.6 Å². The zero-order valence-corrected chi connectivity index (χ0v) is 11.4. The summed E-state index contributed by atoms with van der Waals surface area (Å²) in [5.41, 5.74) is 1.73. The third-order valence-corrected chi connectivity index (χ3v) is 4.05. The van der Waals surface area contributed by atoms with Gasteiger partial charge in [0.2, 0.25) is 0 Å². The van der Waals surface area contributed by atoms with Crippen LogP contribution in [0.15, 0.2) is 18.2 Å². The molecule has 0 saturated carbocycles. The van der Waals surface area contributed by atoms with Crippen molar-refractivity contribution in [2.75, 3.05) is 25.0 Å². The maximum atomic E-state index is 11.3. The molecule has 1 aromatic rings. The minimum atomic E-state index is -0.324. The van der Waals surface area contributed by atoms with Crippen LogP contribution >= 0.6 is 0 Å². The molecule has 1 atom stereocenters.